The molecule has 0 amide bonds. The van der Waals surface area contributed by atoms with Gasteiger partial charge in [0, 0.05) is 12.1 Å². The fourth-order valence-electron chi connectivity index (χ4n) is 1.15. The molecule has 72 valence electrons. The van der Waals surface area contributed by atoms with Crippen LogP contribution in [-0.2, 0) is 6.54 Å². The number of benzene rings is 1. The Balaban J connectivity index is 3.24. The highest BCUT2D eigenvalue weighted by Gasteiger charge is 2.11. The van der Waals surface area contributed by atoms with Crippen LogP contribution < -0.4 is 5.32 Å². The predicted molar refractivity (Wildman–Crippen MR) is 55.0 cm³/mol. The van der Waals surface area contributed by atoms with Crippen LogP contribution >= 0.6 is 15.9 Å². The molecule has 3 N–H and O–H groups in total. The maximum absolute atomic E-state index is 9.59. The van der Waals surface area contributed by atoms with Gasteiger partial charge in [-0.05, 0) is 41.5 Å². The largest absolute Gasteiger partial charge is 0.506 e. The summed E-state index contributed by atoms with van der Waals surface area (Å²) in [7, 11) is 1.80. The number of hydrogen-bond donors (Lipinski definition) is 3. The van der Waals surface area contributed by atoms with Gasteiger partial charge in [0.2, 0.25) is 0 Å². The molecule has 0 saturated carbocycles. The highest BCUT2D eigenvalue weighted by atomic mass is 79.9. The van der Waals surface area contributed by atoms with Crippen molar-refractivity contribution in [1.82, 2.24) is 5.32 Å². The van der Waals surface area contributed by atoms with Crippen molar-refractivity contribution in [2.24, 2.45) is 0 Å². The van der Waals surface area contributed by atoms with Crippen LogP contribution in [0.15, 0.2) is 10.5 Å². The lowest BCUT2D eigenvalue weighted by atomic mass is 10.1. The number of phenolic OH excluding ortho intramolecular Hbond substituents is 2. The molecule has 1 aromatic carbocycles. The van der Waals surface area contributed by atoms with Crippen molar-refractivity contribution in [2.75, 3.05) is 7.05 Å². The van der Waals surface area contributed by atoms with E-state index in [9.17, 15) is 10.2 Å². The van der Waals surface area contributed by atoms with Crippen molar-refractivity contribution in [3.63, 3.8) is 0 Å². The number of phenols is 2. The molecule has 13 heavy (non-hydrogen) atoms. The summed E-state index contributed by atoms with van der Waals surface area (Å²) < 4.78 is 0.359. The first-order valence-corrected chi connectivity index (χ1v) is 4.71. The second-order valence-electron chi connectivity index (χ2n) is 2.89. The average molecular weight is 246 g/mol. The van der Waals surface area contributed by atoms with E-state index in [-0.39, 0.29) is 11.5 Å². The number of aryl methyl sites for hydroxylation is 1. The Morgan fingerprint density at radius 3 is 2.54 bits per heavy atom. The summed E-state index contributed by atoms with van der Waals surface area (Å²) in [5.74, 6) is 0.190. The van der Waals surface area contributed by atoms with Gasteiger partial charge in [-0.2, -0.15) is 0 Å². The topological polar surface area (TPSA) is 52.5 Å². The van der Waals surface area contributed by atoms with Gasteiger partial charge in [0.25, 0.3) is 0 Å². The van der Waals surface area contributed by atoms with Gasteiger partial charge in [-0.25, -0.2) is 0 Å². The van der Waals surface area contributed by atoms with Crippen molar-refractivity contribution in [3.05, 3.63) is 21.7 Å². The third-order valence-corrected chi connectivity index (χ3v) is 2.60. The van der Waals surface area contributed by atoms with Crippen LogP contribution in [-0.4, -0.2) is 17.3 Å². The summed E-state index contributed by atoms with van der Waals surface area (Å²) in [6.45, 7) is 2.37. The second-order valence-corrected chi connectivity index (χ2v) is 3.69. The van der Waals surface area contributed by atoms with Gasteiger partial charge in [0.15, 0.2) is 0 Å². The molecular weight excluding hydrogens is 234 g/mol. The van der Waals surface area contributed by atoms with E-state index in [1.54, 1.807) is 20.0 Å². The smallest absolute Gasteiger partial charge is 0.138 e. The van der Waals surface area contributed by atoms with Gasteiger partial charge < -0.3 is 15.5 Å². The van der Waals surface area contributed by atoms with Crippen molar-refractivity contribution in [3.8, 4) is 11.5 Å². The van der Waals surface area contributed by atoms with E-state index in [1.807, 2.05) is 0 Å². The van der Waals surface area contributed by atoms with E-state index >= 15 is 0 Å². The minimum Gasteiger partial charge on any atom is -0.506 e. The molecule has 0 aliphatic carbocycles. The maximum Gasteiger partial charge on any atom is 0.138 e. The van der Waals surface area contributed by atoms with Gasteiger partial charge in [0.05, 0.1) is 0 Å². The molecule has 3 nitrogen and oxygen atoms in total. The standard InChI is InChI=1S/C9H12BrNO2/c1-5-3-6(4-11-2)9(13)7(10)8(5)12/h3,11-13H,4H2,1-2H3. The number of nitrogens with one attached hydrogen (secondary N) is 1. The summed E-state index contributed by atoms with van der Waals surface area (Å²) in [5.41, 5.74) is 1.51. The van der Waals surface area contributed by atoms with E-state index < -0.39 is 0 Å². The third-order valence-electron chi connectivity index (χ3n) is 1.85. The molecule has 0 saturated heterocycles. The Kier molecular flexibility index (Phi) is 3.17. The fraction of sp³-hybridized carbons (Fsp3) is 0.333. The van der Waals surface area contributed by atoms with Crippen LogP contribution in [0, 0.1) is 6.92 Å². The molecule has 1 rings (SSSR count). The molecule has 0 fully saturated rings. The van der Waals surface area contributed by atoms with Gasteiger partial charge in [0.1, 0.15) is 16.0 Å². The van der Waals surface area contributed by atoms with Crippen molar-refractivity contribution in [2.45, 2.75) is 13.5 Å². The molecule has 0 bridgehead atoms. The number of rotatable bonds is 2. The summed E-state index contributed by atoms with van der Waals surface area (Å²) >= 11 is 3.12. The monoisotopic (exact) mass is 245 g/mol. The summed E-state index contributed by atoms with van der Waals surface area (Å²) in [6.07, 6.45) is 0. The molecule has 0 aromatic heterocycles. The first kappa shape index (κ1) is 10.3. The fourth-order valence-corrected chi connectivity index (χ4v) is 1.72. The Labute approximate surface area is 85.5 Å². The zero-order chi connectivity index (χ0) is 10.0. The van der Waals surface area contributed by atoms with Gasteiger partial charge in [-0.3, -0.25) is 0 Å². The Hall–Kier alpha value is -0.740. The average Bonchev–Trinajstić information content (AvgIpc) is 2.11. The first-order chi connectivity index (χ1) is 6.07. The van der Waals surface area contributed by atoms with Crippen LogP contribution in [0.3, 0.4) is 0 Å². The van der Waals surface area contributed by atoms with E-state index in [1.165, 1.54) is 0 Å². The van der Waals surface area contributed by atoms with Crippen LogP contribution in [0.2, 0.25) is 0 Å². The number of halogens is 1. The predicted octanol–water partition coefficient (Wildman–Crippen LogP) is 1.89. The quantitative estimate of drug-likeness (QED) is 0.746. The van der Waals surface area contributed by atoms with Crippen molar-refractivity contribution in [1.29, 1.82) is 0 Å². The Morgan fingerprint density at radius 2 is 2.00 bits per heavy atom. The molecule has 4 heteroatoms. The summed E-state index contributed by atoms with van der Waals surface area (Å²) in [4.78, 5) is 0. The molecule has 0 aliphatic rings. The van der Waals surface area contributed by atoms with Crippen LogP contribution in [0.25, 0.3) is 0 Å². The highest BCUT2D eigenvalue weighted by molar-refractivity contribution is 9.10. The number of aromatic hydroxyl groups is 2. The Morgan fingerprint density at radius 1 is 1.38 bits per heavy atom. The third kappa shape index (κ3) is 1.95. The zero-order valence-corrected chi connectivity index (χ0v) is 9.14. The minimum absolute atomic E-state index is 0.0948. The Bertz CT molecular complexity index is 326. The second kappa shape index (κ2) is 3.98. The summed E-state index contributed by atoms with van der Waals surface area (Å²) in [6, 6.07) is 1.76. The molecule has 0 unspecified atom stereocenters. The minimum atomic E-state index is 0.0948. The SMILES string of the molecule is CNCc1cc(C)c(O)c(Br)c1O. The van der Waals surface area contributed by atoms with Crippen molar-refractivity contribution < 1.29 is 10.2 Å². The lowest BCUT2D eigenvalue weighted by Gasteiger charge is -2.09. The number of hydrogen-bond acceptors (Lipinski definition) is 3. The highest BCUT2D eigenvalue weighted by Crippen LogP contribution is 2.38. The lowest BCUT2D eigenvalue weighted by Crippen LogP contribution is -2.05. The van der Waals surface area contributed by atoms with E-state index in [2.05, 4.69) is 21.2 Å². The van der Waals surface area contributed by atoms with Gasteiger partial charge in [-0.1, -0.05) is 0 Å². The first-order valence-electron chi connectivity index (χ1n) is 3.92. The lowest BCUT2D eigenvalue weighted by molar-refractivity contribution is 0.436. The van der Waals surface area contributed by atoms with Gasteiger partial charge in [-0.15, -0.1) is 0 Å². The molecule has 0 heterocycles. The van der Waals surface area contributed by atoms with Crippen LogP contribution in [0.5, 0.6) is 11.5 Å². The van der Waals surface area contributed by atoms with Crippen LogP contribution in [0.4, 0.5) is 0 Å². The molecular formula is C9H12BrNO2. The molecule has 1 aromatic rings. The molecule has 0 radical (unpaired) electrons. The normalized spacial score (nSPS) is 10.4. The zero-order valence-electron chi connectivity index (χ0n) is 7.56. The van der Waals surface area contributed by atoms with Crippen molar-refractivity contribution >= 4 is 15.9 Å². The van der Waals surface area contributed by atoms with Gasteiger partial charge >= 0.3 is 0 Å². The van der Waals surface area contributed by atoms with Crippen LogP contribution in [0.1, 0.15) is 11.1 Å². The molecule has 0 spiro atoms. The van der Waals surface area contributed by atoms with E-state index in [0.29, 0.717) is 11.0 Å². The van der Waals surface area contributed by atoms with E-state index in [0.717, 1.165) is 11.1 Å². The summed E-state index contributed by atoms with van der Waals surface area (Å²) in [5, 5.41) is 22.0. The molecule has 0 aliphatic heterocycles. The van der Waals surface area contributed by atoms with E-state index in [4.69, 9.17) is 0 Å². The maximum atomic E-state index is 9.59. The molecule has 0 atom stereocenters.